The van der Waals surface area contributed by atoms with Crippen LogP contribution in [0.4, 0.5) is 0 Å². The van der Waals surface area contributed by atoms with Gasteiger partial charge < -0.3 is 0 Å². The van der Waals surface area contributed by atoms with Crippen molar-refractivity contribution in [3.05, 3.63) is 132 Å². The van der Waals surface area contributed by atoms with Gasteiger partial charge in [0.05, 0.1) is 0 Å². The molecular formula is C32H26. The Balaban J connectivity index is 1.54. The largest absolute Gasteiger partial charge is 0.0622 e. The van der Waals surface area contributed by atoms with Crippen molar-refractivity contribution in [2.45, 2.75) is 13.8 Å². The maximum Gasteiger partial charge on any atom is -0.0175 e. The van der Waals surface area contributed by atoms with Gasteiger partial charge in [-0.2, -0.15) is 0 Å². The zero-order valence-corrected chi connectivity index (χ0v) is 18.5. The van der Waals surface area contributed by atoms with E-state index in [9.17, 15) is 0 Å². The van der Waals surface area contributed by atoms with E-state index in [-0.39, 0.29) is 0 Å². The predicted molar refractivity (Wildman–Crippen MR) is 138 cm³/mol. The third-order valence-corrected chi connectivity index (χ3v) is 5.93. The lowest BCUT2D eigenvalue weighted by molar-refractivity contribution is 1.46. The standard InChI is InChI=1S/C32H26/c1-23-9-6-12-26(17-23)27-13-7-14-28(20-27)29-15-8-16-30(21-29)32-19-24(2)18-31(22-32)25-10-4-3-5-11-25/h3-22H,1-2H3. The zero-order valence-electron chi connectivity index (χ0n) is 18.5. The van der Waals surface area contributed by atoms with Gasteiger partial charge in [-0.1, -0.05) is 109 Å². The highest BCUT2D eigenvalue weighted by molar-refractivity contribution is 5.79. The summed E-state index contributed by atoms with van der Waals surface area (Å²) >= 11 is 0. The molecule has 5 aromatic rings. The minimum atomic E-state index is 1.24. The second kappa shape index (κ2) is 8.69. The van der Waals surface area contributed by atoms with E-state index in [1.807, 2.05) is 0 Å². The van der Waals surface area contributed by atoms with Gasteiger partial charge in [0.25, 0.3) is 0 Å². The van der Waals surface area contributed by atoms with E-state index in [0.717, 1.165) is 0 Å². The molecule has 0 aliphatic heterocycles. The molecule has 0 aromatic heterocycles. The summed E-state index contributed by atoms with van der Waals surface area (Å²) in [5.41, 5.74) is 12.5. The summed E-state index contributed by atoms with van der Waals surface area (Å²) in [6, 6.07) is 43.8. The Bertz CT molecular complexity index is 1380. The Morgan fingerprint density at radius 2 is 0.656 bits per heavy atom. The maximum atomic E-state index is 2.30. The van der Waals surface area contributed by atoms with Crippen molar-refractivity contribution in [3.8, 4) is 44.5 Å². The van der Waals surface area contributed by atoms with Gasteiger partial charge in [-0.05, 0) is 82.1 Å². The molecule has 32 heavy (non-hydrogen) atoms. The number of benzene rings is 5. The molecule has 0 spiro atoms. The monoisotopic (exact) mass is 410 g/mol. The Morgan fingerprint density at radius 3 is 1.22 bits per heavy atom. The molecule has 0 aliphatic rings. The highest BCUT2D eigenvalue weighted by atomic mass is 14.1. The summed E-state index contributed by atoms with van der Waals surface area (Å²) in [5.74, 6) is 0. The Morgan fingerprint density at radius 1 is 0.281 bits per heavy atom. The summed E-state index contributed by atoms with van der Waals surface area (Å²) in [7, 11) is 0. The molecule has 0 bridgehead atoms. The molecule has 0 atom stereocenters. The fourth-order valence-corrected chi connectivity index (χ4v) is 4.33. The number of rotatable bonds is 4. The number of hydrogen-bond acceptors (Lipinski definition) is 0. The van der Waals surface area contributed by atoms with Crippen molar-refractivity contribution in [2.24, 2.45) is 0 Å². The zero-order chi connectivity index (χ0) is 21.9. The van der Waals surface area contributed by atoms with E-state index in [0.29, 0.717) is 0 Å². The SMILES string of the molecule is Cc1cccc(-c2cccc(-c3cccc(-c4cc(C)cc(-c5ccccc5)c4)c3)c2)c1. The first-order valence-corrected chi connectivity index (χ1v) is 11.1. The van der Waals surface area contributed by atoms with E-state index < -0.39 is 0 Å². The van der Waals surface area contributed by atoms with Gasteiger partial charge in [-0.25, -0.2) is 0 Å². The highest BCUT2D eigenvalue weighted by Crippen LogP contribution is 2.32. The molecule has 5 rings (SSSR count). The number of hydrogen-bond donors (Lipinski definition) is 0. The van der Waals surface area contributed by atoms with Gasteiger partial charge in [-0.3, -0.25) is 0 Å². The molecule has 0 radical (unpaired) electrons. The van der Waals surface area contributed by atoms with Crippen LogP contribution in [0.2, 0.25) is 0 Å². The summed E-state index contributed by atoms with van der Waals surface area (Å²) in [5, 5.41) is 0. The van der Waals surface area contributed by atoms with Gasteiger partial charge in [0.2, 0.25) is 0 Å². The molecule has 0 aliphatic carbocycles. The van der Waals surface area contributed by atoms with E-state index in [1.54, 1.807) is 0 Å². The molecule has 5 aromatic carbocycles. The van der Waals surface area contributed by atoms with E-state index in [4.69, 9.17) is 0 Å². The molecule has 0 heteroatoms. The van der Waals surface area contributed by atoms with Crippen molar-refractivity contribution >= 4 is 0 Å². The number of aryl methyl sites for hydroxylation is 2. The van der Waals surface area contributed by atoms with Crippen LogP contribution in [0, 0.1) is 13.8 Å². The summed E-state index contributed by atoms with van der Waals surface area (Å²) in [4.78, 5) is 0. The second-order valence-corrected chi connectivity index (χ2v) is 8.48. The Labute approximate surface area is 190 Å². The van der Waals surface area contributed by atoms with Crippen LogP contribution in [0.3, 0.4) is 0 Å². The molecule has 0 amide bonds. The van der Waals surface area contributed by atoms with Crippen molar-refractivity contribution in [3.63, 3.8) is 0 Å². The molecule has 0 saturated carbocycles. The topological polar surface area (TPSA) is 0 Å². The third-order valence-electron chi connectivity index (χ3n) is 5.93. The van der Waals surface area contributed by atoms with Crippen molar-refractivity contribution < 1.29 is 0 Å². The Kier molecular flexibility index (Phi) is 5.44. The minimum Gasteiger partial charge on any atom is -0.0622 e. The van der Waals surface area contributed by atoms with Gasteiger partial charge in [-0.15, -0.1) is 0 Å². The van der Waals surface area contributed by atoms with Gasteiger partial charge in [0.15, 0.2) is 0 Å². The maximum absolute atomic E-state index is 2.30. The van der Waals surface area contributed by atoms with Crippen LogP contribution in [0.5, 0.6) is 0 Å². The molecule has 0 nitrogen and oxygen atoms in total. The van der Waals surface area contributed by atoms with Crippen LogP contribution in [0.25, 0.3) is 44.5 Å². The van der Waals surface area contributed by atoms with E-state index in [1.165, 1.54) is 55.6 Å². The minimum absolute atomic E-state index is 1.24. The van der Waals surface area contributed by atoms with Crippen LogP contribution in [-0.2, 0) is 0 Å². The molecule has 154 valence electrons. The van der Waals surface area contributed by atoms with Crippen molar-refractivity contribution in [1.29, 1.82) is 0 Å². The molecule has 0 heterocycles. The van der Waals surface area contributed by atoms with Crippen molar-refractivity contribution in [1.82, 2.24) is 0 Å². The first-order valence-electron chi connectivity index (χ1n) is 11.1. The molecule has 0 saturated heterocycles. The Hall–Kier alpha value is -3.90. The van der Waals surface area contributed by atoms with E-state index in [2.05, 4.69) is 135 Å². The van der Waals surface area contributed by atoms with E-state index >= 15 is 0 Å². The summed E-state index contributed by atoms with van der Waals surface area (Å²) in [6.07, 6.45) is 0. The summed E-state index contributed by atoms with van der Waals surface area (Å²) in [6.45, 7) is 4.31. The average molecular weight is 411 g/mol. The van der Waals surface area contributed by atoms with Gasteiger partial charge in [0, 0.05) is 0 Å². The lowest BCUT2D eigenvalue weighted by atomic mass is 9.93. The normalized spacial score (nSPS) is 10.8. The fraction of sp³-hybridized carbons (Fsp3) is 0.0625. The first-order chi connectivity index (χ1) is 15.7. The molecule has 0 unspecified atom stereocenters. The van der Waals surface area contributed by atoms with Crippen LogP contribution in [0.1, 0.15) is 11.1 Å². The van der Waals surface area contributed by atoms with Gasteiger partial charge >= 0.3 is 0 Å². The molecule has 0 fully saturated rings. The first kappa shape index (κ1) is 20.0. The summed E-state index contributed by atoms with van der Waals surface area (Å²) < 4.78 is 0. The highest BCUT2D eigenvalue weighted by Gasteiger charge is 2.07. The molecule has 0 N–H and O–H groups in total. The van der Waals surface area contributed by atoms with Crippen LogP contribution in [-0.4, -0.2) is 0 Å². The van der Waals surface area contributed by atoms with Crippen LogP contribution in [0.15, 0.2) is 121 Å². The van der Waals surface area contributed by atoms with Crippen LogP contribution >= 0.6 is 0 Å². The predicted octanol–water partition coefficient (Wildman–Crippen LogP) is 8.97. The van der Waals surface area contributed by atoms with Crippen molar-refractivity contribution in [2.75, 3.05) is 0 Å². The van der Waals surface area contributed by atoms with Crippen LogP contribution < -0.4 is 0 Å². The average Bonchev–Trinajstić information content (AvgIpc) is 2.84. The fourth-order valence-electron chi connectivity index (χ4n) is 4.33. The lowest BCUT2D eigenvalue weighted by Gasteiger charge is -2.11. The second-order valence-electron chi connectivity index (χ2n) is 8.48. The smallest absolute Gasteiger partial charge is 0.0175 e. The lowest BCUT2D eigenvalue weighted by Crippen LogP contribution is -1.86. The van der Waals surface area contributed by atoms with Gasteiger partial charge in [0.1, 0.15) is 0 Å². The quantitative estimate of drug-likeness (QED) is 0.277. The third kappa shape index (κ3) is 4.26. The molecular weight excluding hydrogens is 384 g/mol.